The Morgan fingerprint density at radius 1 is 1.06 bits per heavy atom. The van der Waals surface area contributed by atoms with Gasteiger partial charge in [-0.25, -0.2) is 4.99 Å². The minimum absolute atomic E-state index is 0.0412. The molecule has 31 heavy (non-hydrogen) atoms. The van der Waals surface area contributed by atoms with Gasteiger partial charge in [0.1, 0.15) is 5.75 Å². The van der Waals surface area contributed by atoms with Gasteiger partial charge in [0.05, 0.1) is 13.2 Å². The molecule has 0 bridgehead atoms. The summed E-state index contributed by atoms with van der Waals surface area (Å²) in [5, 5.41) is 9.60. The first-order valence-corrected chi connectivity index (χ1v) is 11.3. The molecule has 0 heterocycles. The maximum Gasteiger partial charge on any atom is 0.251 e. The van der Waals surface area contributed by atoms with Crippen LogP contribution in [0.2, 0.25) is 0 Å². The minimum atomic E-state index is -0.0412. The first-order chi connectivity index (χ1) is 15.2. The van der Waals surface area contributed by atoms with Gasteiger partial charge in [0.25, 0.3) is 5.91 Å². The van der Waals surface area contributed by atoms with Gasteiger partial charge in [-0.2, -0.15) is 0 Å². The van der Waals surface area contributed by atoms with Crippen LogP contribution in [0.1, 0.15) is 54.6 Å². The van der Waals surface area contributed by atoms with Crippen molar-refractivity contribution in [2.24, 2.45) is 10.9 Å². The molecule has 1 amide bonds. The van der Waals surface area contributed by atoms with Crippen LogP contribution < -0.4 is 20.7 Å². The van der Waals surface area contributed by atoms with Gasteiger partial charge in [-0.15, -0.1) is 0 Å². The van der Waals surface area contributed by atoms with Crippen LogP contribution in [0.5, 0.6) is 5.75 Å². The highest BCUT2D eigenvalue weighted by molar-refractivity contribution is 5.94. The number of nitrogens with zero attached hydrogens (tertiary/aromatic N) is 1. The van der Waals surface area contributed by atoms with Crippen LogP contribution in [0.3, 0.4) is 0 Å². The van der Waals surface area contributed by atoms with E-state index >= 15 is 0 Å². The predicted molar refractivity (Wildman–Crippen MR) is 125 cm³/mol. The van der Waals surface area contributed by atoms with Crippen molar-refractivity contribution < 1.29 is 9.53 Å². The number of para-hydroxylation sites is 1. The molecule has 3 N–H and O–H groups in total. The highest BCUT2D eigenvalue weighted by Crippen LogP contribution is 2.30. The van der Waals surface area contributed by atoms with Gasteiger partial charge in [0.2, 0.25) is 0 Å². The Morgan fingerprint density at radius 3 is 2.68 bits per heavy atom. The number of aliphatic imine (C=N–C) groups is 1. The van der Waals surface area contributed by atoms with Crippen LogP contribution in [0.15, 0.2) is 53.5 Å². The number of amides is 1. The molecule has 0 spiro atoms. The third-order valence-corrected chi connectivity index (χ3v) is 5.08. The topological polar surface area (TPSA) is 74.8 Å². The first-order valence-electron chi connectivity index (χ1n) is 11.3. The molecule has 3 rings (SSSR count). The van der Waals surface area contributed by atoms with Crippen molar-refractivity contribution in [2.45, 2.75) is 46.2 Å². The van der Waals surface area contributed by atoms with Crippen molar-refractivity contribution in [1.29, 1.82) is 0 Å². The molecular formula is C25H34N4O2. The van der Waals surface area contributed by atoms with E-state index in [0.717, 1.165) is 48.3 Å². The Labute approximate surface area is 185 Å². The standard InChI is InChI=1S/C25H34N4O2/c1-3-14-27-24(30)21-10-7-8-20(15-21)16-28-25(26-4-2)29-17-22-9-5-6-11-23(22)31-18-19-12-13-19/h5-11,15,19H,3-4,12-14,16-18H2,1-2H3,(H,27,30)(H2,26,28,29). The van der Waals surface area contributed by atoms with Crippen molar-refractivity contribution in [3.8, 4) is 5.75 Å². The molecule has 0 atom stereocenters. The van der Waals surface area contributed by atoms with Gasteiger partial charge in [-0.05, 0) is 55.9 Å². The van der Waals surface area contributed by atoms with Gasteiger partial charge < -0.3 is 20.7 Å². The van der Waals surface area contributed by atoms with Crippen molar-refractivity contribution >= 4 is 11.9 Å². The zero-order valence-electron chi connectivity index (χ0n) is 18.6. The quantitative estimate of drug-likeness (QED) is 0.380. The molecule has 1 aliphatic rings. The molecule has 2 aromatic carbocycles. The summed E-state index contributed by atoms with van der Waals surface area (Å²) in [6.07, 6.45) is 3.47. The summed E-state index contributed by atoms with van der Waals surface area (Å²) >= 11 is 0. The second kappa shape index (κ2) is 12.0. The van der Waals surface area contributed by atoms with Crippen molar-refractivity contribution in [3.05, 3.63) is 65.2 Å². The number of nitrogens with one attached hydrogen (secondary N) is 3. The smallest absolute Gasteiger partial charge is 0.251 e. The lowest BCUT2D eigenvalue weighted by molar-refractivity contribution is 0.0953. The molecule has 0 radical (unpaired) electrons. The summed E-state index contributed by atoms with van der Waals surface area (Å²) in [6.45, 7) is 7.46. The third-order valence-electron chi connectivity index (χ3n) is 5.08. The predicted octanol–water partition coefficient (Wildman–Crippen LogP) is 3.87. The molecule has 2 aromatic rings. The Balaban J connectivity index is 1.60. The number of carbonyl (C=O) groups is 1. The molecule has 166 valence electrons. The van der Waals surface area contributed by atoms with Crippen LogP contribution in [0.25, 0.3) is 0 Å². The molecule has 1 saturated carbocycles. The number of benzene rings is 2. The van der Waals surface area contributed by atoms with Crippen molar-refractivity contribution in [1.82, 2.24) is 16.0 Å². The van der Waals surface area contributed by atoms with Crippen LogP contribution in [-0.2, 0) is 13.1 Å². The molecule has 0 aliphatic heterocycles. The summed E-state index contributed by atoms with van der Waals surface area (Å²) in [5.74, 6) is 2.35. The highest BCUT2D eigenvalue weighted by atomic mass is 16.5. The van der Waals surface area contributed by atoms with Gasteiger partial charge in [-0.3, -0.25) is 4.79 Å². The second-order valence-corrected chi connectivity index (χ2v) is 7.87. The molecule has 6 nitrogen and oxygen atoms in total. The monoisotopic (exact) mass is 422 g/mol. The largest absolute Gasteiger partial charge is 0.493 e. The Hall–Kier alpha value is -3.02. The summed E-state index contributed by atoms with van der Waals surface area (Å²) in [5.41, 5.74) is 2.78. The van der Waals surface area contributed by atoms with E-state index in [2.05, 4.69) is 22.0 Å². The zero-order chi connectivity index (χ0) is 21.9. The van der Waals surface area contributed by atoms with Crippen LogP contribution in [0.4, 0.5) is 0 Å². The van der Waals surface area contributed by atoms with Crippen LogP contribution in [-0.4, -0.2) is 31.6 Å². The van der Waals surface area contributed by atoms with Gasteiger partial charge in [-0.1, -0.05) is 37.3 Å². The Morgan fingerprint density at radius 2 is 1.90 bits per heavy atom. The van der Waals surface area contributed by atoms with Crippen molar-refractivity contribution in [3.63, 3.8) is 0 Å². The normalized spacial score (nSPS) is 13.5. The fourth-order valence-corrected chi connectivity index (χ4v) is 3.13. The summed E-state index contributed by atoms with van der Waals surface area (Å²) in [6, 6.07) is 15.8. The molecular weight excluding hydrogens is 388 g/mol. The molecule has 0 saturated heterocycles. The van der Waals surface area contributed by atoms with E-state index in [1.807, 2.05) is 56.3 Å². The summed E-state index contributed by atoms with van der Waals surface area (Å²) < 4.78 is 6.01. The number of guanidine groups is 1. The van der Waals surface area contributed by atoms with E-state index in [0.29, 0.717) is 25.2 Å². The summed E-state index contributed by atoms with van der Waals surface area (Å²) in [4.78, 5) is 16.9. The van der Waals surface area contributed by atoms with E-state index in [1.54, 1.807) is 0 Å². The van der Waals surface area contributed by atoms with Gasteiger partial charge in [0, 0.05) is 30.8 Å². The zero-order valence-corrected chi connectivity index (χ0v) is 18.6. The number of ether oxygens (including phenoxy) is 1. The van der Waals surface area contributed by atoms with E-state index in [-0.39, 0.29) is 5.91 Å². The molecule has 1 fully saturated rings. The maximum atomic E-state index is 12.2. The van der Waals surface area contributed by atoms with Crippen LogP contribution in [0, 0.1) is 5.92 Å². The molecule has 0 aromatic heterocycles. The van der Waals surface area contributed by atoms with E-state index in [4.69, 9.17) is 9.73 Å². The van der Waals surface area contributed by atoms with Gasteiger partial charge in [0.15, 0.2) is 5.96 Å². The number of hydrogen-bond acceptors (Lipinski definition) is 3. The van der Waals surface area contributed by atoms with E-state index < -0.39 is 0 Å². The summed E-state index contributed by atoms with van der Waals surface area (Å²) in [7, 11) is 0. The van der Waals surface area contributed by atoms with Crippen LogP contribution >= 0.6 is 0 Å². The average molecular weight is 423 g/mol. The lowest BCUT2D eigenvalue weighted by Crippen LogP contribution is -2.36. The maximum absolute atomic E-state index is 12.2. The highest BCUT2D eigenvalue weighted by Gasteiger charge is 2.22. The number of carbonyl (C=O) groups excluding carboxylic acids is 1. The fraction of sp³-hybridized carbons (Fsp3) is 0.440. The fourth-order valence-electron chi connectivity index (χ4n) is 3.13. The minimum Gasteiger partial charge on any atom is -0.493 e. The molecule has 6 heteroatoms. The van der Waals surface area contributed by atoms with Gasteiger partial charge >= 0.3 is 0 Å². The Bertz CT molecular complexity index is 877. The van der Waals surface area contributed by atoms with E-state index in [1.165, 1.54) is 12.8 Å². The lowest BCUT2D eigenvalue weighted by Gasteiger charge is -2.14. The Kier molecular flexibility index (Phi) is 8.76. The second-order valence-electron chi connectivity index (χ2n) is 7.87. The number of hydrogen-bond donors (Lipinski definition) is 3. The van der Waals surface area contributed by atoms with Crippen molar-refractivity contribution in [2.75, 3.05) is 19.7 Å². The van der Waals surface area contributed by atoms with E-state index in [9.17, 15) is 4.79 Å². The first kappa shape index (κ1) is 22.7. The molecule has 1 aliphatic carbocycles. The lowest BCUT2D eigenvalue weighted by atomic mass is 10.1. The average Bonchev–Trinajstić information content (AvgIpc) is 3.63. The molecule has 0 unspecified atom stereocenters. The SMILES string of the molecule is CCCNC(=O)c1cccc(CN=C(NCC)NCc2ccccc2OCC2CC2)c1. The third kappa shape index (κ3) is 7.63. The number of rotatable bonds is 11.